The number of sulfone groups is 1. The third-order valence-corrected chi connectivity index (χ3v) is 5.79. The van der Waals surface area contributed by atoms with Gasteiger partial charge in [0, 0.05) is 35.8 Å². The molecule has 4 aromatic rings. The largest absolute Gasteiger partial charge is 0.344 e. The molecule has 0 spiro atoms. The summed E-state index contributed by atoms with van der Waals surface area (Å²) in [6, 6.07) is 8.78. The second kappa shape index (κ2) is 7.13. The third kappa shape index (κ3) is 3.51. The van der Waals surface area contributed by atoms with Crippen molar-refractivity contribution in [2.75, 3.05) is 6.26 Å². The van der Waals surface area contributed by atoms with Gasteiger partial charge in [-0.25, -0.2) is 18.4 Å². The van der Waals surface area contributed by atoms with E-state index < -0.39 is 15.7 Å². The minimum Gasteiger partial charge on any atom is -0.344 e. The zero-order chi connectivity index (χ0) is 19.7. The number of hydrogen-bond acceptors (Lipinski definition) is 7. The third-order valence-electron chi connectivity index (χ3n) is 3.99. The summed E-state index contributed by atoms with van der Waals surface area (Å²) in [6.45, 7) is 0.217. The van der Waals surface area contributed by atoms with E-state index in [9.17, 15) is 13.2 Å². The van der Waals surface area contributed by atoms with Crippen LogP contribution in [0.3, 0.4) is 0 Å². The molecule has 0 aliphatic rings. The van der Waals surface area contributed by atoms with Crippen LogP contribution in [0.1, 0.15) is 15.5 Å². The van der Waals surface area contributed by atoms with Gasteiger partial charge in [0.1, 0.15) is 5.01 Å². The minimum atomic E-state index is -3.58. The van der Waals surface area contributed by atoms with Gasteiger partial charge in [0.2, 0.25) is 15.0 Å². The first-order valence-electron chi connectivity index (χ1n) is 8.23. The van der Waals surface area contributed by atoms with E-state index in [4.69, 9.17) is 0 Å². The molecule has 0 aliphatic carbocycles. The molecular weight excluding hydrogens is 398 g/mol. The molecule has 0 atom stereocenters. The van der Waals surface area contributed by atoms with Crippen LogP contribution in [0.4, 0.5) is 0 Å². The van der Waals surface area contributed by atoms with Gasteiger partial charge in [-0.15, -0.1) is 11.3 Å². The minimum absolute atomic E-state index is 0.0620. The first-order chi connectivity index (χ1) is 13.4. The van der Waals surface area contributed by atoms with E-state index in [1.807, 2.05) is 17.5 Å². The lowest BCUT2D eigenvalue weighted by Crippen LogP contribution is -2.23. The monoisotopic (exact) mass is 413 g/mol. The number of rotatable bonds is 5. The van der Waals surface area contributed by atoms with Crippen molar-refractivity contribution < 1.29 is 13.2 Å². The second-order valence-corrected chi connectivity index (χ2v) is 8.87. The Morgan fingerprint density at radius 3 is 2.71 bits per heavy atom. The molecular formula is C18H15N5O3S2. The lowest BCUT2D eigenvalue weighted by atomic mass is 10.2. The van der Waals surface area contributed by atoms with Crippen molar-refractivity contribution in [3.8, 4) is 11.3 Å². The molecule has 0 fully saturated rings. The van der Waals surface area contributed by atoms with E-state index in [0.29, 0.717) is 5.52 Å². The average Bonchev–Trinajstić information content (AvgIpc) is 3.31. The van der Waals surface area contributed by atoms with Crippen LogP contribution in [-0.4, -0.2) is 39.9 Å². The van der Waals surface area contributed by atoms with E-state index in [2.05, 4.69) is 20.3 Å². The number of fused-ring (bicyclic) bond motifs is 1. The Hall–Kier alpha value is -3.11. The molecule has 1 amide bonds. The predicted molar refractivity (Wildman–Crippen MR) is 105 cm³/mol. The van der Waals surface area contributed by atoms with Crippen LogP contribution in [0, 0.1) is 0 Å². The van der Waals surface area contributed by atoms with Crippen LogP contribution in [-0.2, 0) is 16.4 Å². The van der Waals surface area contributed by atoms with E-state index in [1.165, 1.54) is 15.7 Å². The highest BCUT2D eigenvalue weighted by molar-refractivity contribution is 7.90. The SMILES string of the molecule is CS(=O)(=O)c1nc(C(=O)NCc2nc(-c3ccncc3)cs2)c2ccccn12. The normalized spacial score (nSPS) is 11.6. The van der Waals surface area contributed by atoms with Gasteiger partial charge in [-0.1, -0.05) is 6.07 Å². The number of aromatic nitrogens is 4. The van der Waals surface area contributed by atoms with Gasteiger partial charge in [0.15, 0.2) is 5.69 Å². The number of carbonyl (C=O) groups is 1. The number of pyridine rings is 2. The zero-order valence-corrected chi connectivity index (χ0v) is 16.4. The summed E-state index contributed by atoms with van der Waals surface area (Å²) in [5.74, 6) is -0.459. The van der Waals surface area contributed by atoms with Crippen LogP contribution >= 0.6 is 11.3 Å². The van der Waals surface area contributed by atoms with Crippen molar-refractivity contribution in [3.05, 3.63) is 65.0 Å². The maximum absolute atomic E-state index is 12.6. The Balaban J connectivity index is 1.56. The van der Waals surface area contributed by atoms with Gasteiger partial charge in [-0.2, -0.15) is 0 Å². The Labute approximate surface area is 164 Å². The van der Waals surface area contributed by atoms with E-state index in [0.717, 1.165) is 22.5 Å². The number of thiazole rings is 1. The molecule has 0 saturated heterocycles. The summed E-state index contributed by atoms with van der Waals surface area (Å²) in [4.78, 5) is 25.2. The molecule has 0 aromatic carbocycles. The number of imidazole rings is 1. The fraction of sp³-hybridized carbons (Fsp3) is 0.111. The molecule has 4 rings (SSSR count). The molecule has 1 N–H and O–H groups in total. The van der Waals surface area contributed by atoms with Gasteiger partial charge in [-0.3, -0.25) is 14.2 Å². The van der Waals surface area contributed by atoms with Gasteiger partial charge < -0.3 is 5.32 Å². The van der Waals surface area contributed by atoms with E-state index in [-0.39, 0.29) is 17.4 Å². The smallest absolute Gasteiger partial charge is 0.272 e. The fourth-order valence-electron chi connectivity index (χ4n) is 2.73. The predicted octanol–water partition coefficient (Wildman–Crippen LogP) is 2.19. The molecule has 4 heterocycles. The highest BCUT2D eigenvalue weighted by Crippen LogP contribution is 2.21. The molecule has 142 valence electrons. The molecule has 8 nitrogen and oxygen atoms in total. The lowest BCUT2D eigenvalue weighted by Gasteiger charge is -2.01. The molecule has 10 heteroatoms. The Bertz CT molecular complexity index is 1260. The summed E-state index contributed by atoms with van der Waals surface area (Å²) in [5, 5.41) is 5.23. The van der Waals surface area contributed by atoms with Gasteiger partial charge >= 0.3 is 0 Å². The lowest BCUT2D eigenvalue weighted by molar-refractivity contribution is 0.0947. The fourth-order valence-corrected chi connectivity index (χ4v) is 4.24. The molecule has 28 heavy (non-hydrogen) atoms. The van der Waals surface area contributed by atoms with Gasteiger partial charge in [0.25, 0.3) is 5.91 Å². The summed E-state index contributed by atoms with van der Waals surface area (Å²) in [7, 11) is -3.58. The highest BCUT2D eigenvalue weighted by Gasteiger charge is 2.22. The molecule has 0 saturated carbocycles. The maximum atomic E-state index is 12.6. The van der Waals surface area contributed by atoms with Crippen molar-refractivity contribution >= 4 is 32.6 Å². The molecule has 0 aliphatic heterocycles. The van der Waals surface area contributed by atoms with Crippen LogP contribution in [0.15, 0.2) is 59.5 Å². The number of nitrogens with zero attached hydrogens (tertiary/aromatic N) is 4. The zero-order valence-electron chi connectivity index (χ0n) is 14.7. The topological polar surface area (TPSA) is 106 Å². The molecule has 4 aromatic heterocycles. The van der Waals surface area contributed by atoms with E-state index >= 15 is 0 Å². The van der Waals surface area contributed by atoms with Gasteiger partial charge in [0.05, 0.1) is 17.8 Å². The number of amides is 1. The Morgan fingerprint density at radius 1 is 1.18 bits per heavy atom. The van der Waals surface area contributed by atoms with Crippen molar-refractivity contribution in [3.63, 3.8) is 0 Å². The Morgan fingerprint density at radius 2 is 1.96 bits per heavy atom. The van der Waals surface area contributed by atoms with Crippen LogP contribution in [0.2, 0.25) is 0 Å². The van der Waals surface area contributed by atoms with E-state index in [1.54, 1.807) is 36.8 Å². The van der Waals surface area contributed by atoms with Crippen molar-refractivity contribution in [2.45, 2.75) is 11.7 Å². The second-order valence-electron chi connectivity index (χ2n) is 6.02. The van der Waals surface area contributed by atoms with Crippen molar-refractivity contribution in [1.29, 1.82) is 0 Å². The first-order valence-corrected chi connectivity index (χ1v) is 11.0. The summed E-state index contributed by atoms with van der Waals surface area (Å²) in [5.41, 5.74) is 2.24. The highest BCUT2D eigenvalue weighted by atomic mass is 32.2. The number of carbonyl (C=O) groups excluding carboxylic acids is 1. The quantitative estimate of drug-likeness (QED) is 0.538. The van der Waals surface area contributed by atoms with Crippen molar-refractivity contribution in [2.24, 2.45) is 0 Å². The standard InChI is InChI=1S/C18H15N5O3S2/c1-28(25,26)18-22-16(14-4-2-3-9-23(14)18)17(24)20-10-15-21-13(11-27-15)12-5-7-19-8-6-12/h2-9,11H,10H2,1H3,(H,20,24). The maximum Gasteiger partial charge on any atom is 0.272 e. The summed E-state index contributed by atoms with van der Waals surface area (Å²) in [6.07, 6.45) is 6.02. The Kier molecular flexibility index (Phi) is 4.65. The molecule has 0 unspecified atom stereocenters. The summed E-state index contributed by atoms with van der Waals surface area (Å²) < 4.78 is 25.3. The van der Waals surface area contributed by atoms with Crippen LogP contribution in [0.25, 0.3) is 16.8 Å². The average molecular weight is 413 g/mol. The summed E-state index contributed by atoms with van der Waals surface area (Å²) >= 11 is 1.43. The van der Waals surface area contributed by atoms with Crippen LogP contribution < -0.4 is 5.32 Å². The molecule has 0 radical (unpaired) electrons. The van der Waals surface area contributed by atoms with Crippen LogP contribution in [0.5, 0.6) is 0 Å². The first kappa shape index (κ1) is 18.3. The number of hydrogen-bond donors (Lipinski definition) is 1. The number of nitrogens with one attached hydrogen (secondary N) is 1. The molecule has 0 bridgehead atoms. The van der Waals surface area contributed by atoms with Crippen molar-refractivity contribution in [1.82, 2.24) is 24.7 Å². The van der Waals surface area contributed by atoms with Gasteiger partial charge in [-0.05, 0) is 24.3 Å².